The lowest BCUT2D eigenvalue weighted by Gasteiger charge is -2.07. The maximum atomic E-state index is 9.71. The van der Waals surface area contributed by atoms with E-state index in [0.29, 0.717) is 17.1 Å². The number of aromatic nitrogens is 1. The van der Waals surface area contributed by atoms with Gasteiger partial charge in [0.15, 0.2) is 0 Å². The highest BCUT2D eigenvalue weighted by Gasteiger charge is 2.11. The molecule has 4 aromatic rings. The van der Waals surface area contributed by atoms with Gasteiger partial charge in [-0.15, -0.1) is 0 Å². The summed E-state index contributed by atoms with van der Waals surface area (Å²) in [5, 5.41) is 12.1. The Morgan fingerprint density at radius 2 is 1.57 bits per heavy atom. The normalized spacial score (nSPS) is 11.5. The van der Waals surface area contributed by atoms with Crippen molar-refractivity contribution in [2.75, 3.05) is 0 Å². The van der Waals surface area contributed by atoms with E-state index in [-0.39, 0.29) is 0 Å². The number of halogens is 2. The fourth-order valence-corrected chi connectivity index (χ4v) is 3.77. The zero-order valence-corrected chi connectivity index (χ0v) is 16.5. The Morgan fingerprint density at radius 3 is 2.32 bits per heavy atom. The number of hydrogen-bond donors (Lipinski definition) is 0. The largest absolute Gasteiger partial charge is 0.342 e. The molecule has 0 bridgehead atoms. The van der Waals surface area contributed by atoms with Crippen LogP contribution in [0.15, 0.2) is 79.0 Å². The van der Waals surface area contributed by atoms with Gasteiger partial charge in [0, 0.05) is 44.8 Å². The van der Waals surface area contributed by atoms with E-state index >= 15 is 0 Å². The standard InChI is InChI=1S/C24H16Cl2N2/c25-22-10-4-1-7-17(22)15-28-16-19(21-9-3-6-12-24(21)28)13-18(14-27)20-8-2-5-11-23(20)26/h1-13,16H,15H2. The van der Waals surface area contributed by atoms with Crippen LogP contribution >= 0.6 is 23.2 Å². The number of nitriles is 1. The average molecular weight is 403 g/mol. The van der Waals surface area contributed by atoms with Crippen molar-refractivity contribution in [3.8, 4) is 6.07 Å². The minimum atomic E-state index is 0.534. The van der Waals surface area contributed by atoms with Crippen LogP contribution in [0.5, 0.6) is 0 Å². The molecule has 0 aliphatic carbocycles. The Hall–Kier alpha value is -2.99. The Labute approximate surface area is 173 Å². The third kappa shape index (κ3) is 3.55. The van der Waals surface area contributed by atoms with E-state index in [1.54, 1.807) is 6.07 Å². The quantitative estimate of drug-likeness (QED) is 0.335. The van der Waals surface area contributed by atoms with Crippen LogP contribution in [-0.2, 0) is 6.54 Å². The minimum absolute atomic E-state index is 0.534. The second kappa shape index (κ2) is 7.94. The van der Waals surface area contributed by atoms with E-state index in [2.05, 4.69) is 29.0 Å². The Bertz CT molecular complexity index is 1230. The van der Waals surface area contributed by atoms with Crippen LogP contribution in [0.4, 0.5) is 0 Å². The second-order valence-corrected chi connectivity index (χ2v) is 7.28. The average Bonchev–Trinajstić information content (AvgIpc) is 3.06. The Morgan fingerprint density at radius 1 is 0.893 bits per heavy atom. The molecule has 0 spiro atoms. The van der Waals surface area contributed by atoms with Gasteiger partial charge in [-0.25, -0.2) is 0 Å². The molecule has 0 aliphatic rings. The highest BCUT2D eigenvalue weighted by atomic mass is 35.5. The van der Waals surface area contributed by atoms with Crippen molar-refractivity contribution >= 4 is 45.8 Å². The summed E-state index contributed by atoms with van der Waals surface area (Å²) >= 11 is 12.7. The summed E-state index contributed by atoms with van der Waals surface area (Å²) < 4.78 is 2.16. The number of rotatable bonds is 4. The van der Waals surface area contributed by atoms with E-state index in [0.717, 1.165) is 32.6 Å². The highest BCUT2D eigenvalue weighted by molar-refractivity contribution is 6.33. The topological polar surface area (TPSA) is 28.7 Å². The molecule has 0 radical (unpaired) electrons. The first kappa shape index (κ1) is 18.4. The number of benzene rings is 3. The molecule has 28 heavy (non-hydrogen) atoms. The molecule has 4 heteroatoms. The van der Waals surface area contributed by atoms with Crippen molar-refractivity contribution in [1.82, 2.24) is 4.57 Å². The van der Waals surface area contributed by atoms with Gasteiger partial charge in [0.05, 0.1) is 11.6 Å². The number of hydrogen-bond acceptors (Lipinski definition) is 1. The van der Waals surface area contributed by atoms with Gasteiger partial charge in [-0.3, -0.25) is 0 Å². The molecule has 0 saturated carbocycles. The predicted octanol–water partition coefficient (Wildman–Crippen LogP) is 7.06. The first-order valence-electron chi connectivity index (χ1n) is 8.85. The number of para-hydroxylation sites is 1. The third-order valence-corrected chi connectivity index (χ3v) is 5.40. The van der Waals surface area contributed by atoms with E-state index in [9.17, 15) is 5.26 Å². The zero-order valence-electron chi connectivity index (χ0n) is 14.9. The number of allylic oxidation sites excluding steroid dienone is 1. The summed E-state index contributed by atoms with van der Waals surface area (Å²) in [5.41, 5.74) is 4.37. The van der Waals surface area contributed by atoms with Gasteiger partial charge in [0.25, 0.3) is 0 Å². The van der Waals surface area contributed by atoms with Crippen molar-refractivity contribution in [2.45, 2.75) is 6.54 Å². The molecule has 0 atom stereocenters. The molecule has 1 heterocycles. The molecule has 0 unspecified atom stereocenters. The van der Waals surface area contributed by atoms with Gasteiger partial charge in [-0.05, 0) is 29.8 Å². The van der Waals surface area contributed by atoms with Gasteiger partial charge in [0.1, 0.15) is 0 Å². The second-order valence-electron chi connectivity index (χ2n) is 6.47. The molecule has 0 amide bonds. The van der Waals surface area contributed by atoms with Crippen molar-refractivity contribution in [1.29, 1.82) is 5.26 Å². The third-order valence-electron chi connectivity index (χ3n) is 4.70. The van der Waals surface area contributed by atoms with Crippen LogP contribution in [0.25, 0.3) is 22.6 Å². The lowest BCUT2D eigenvalue weighted by Crippen LogP contribution is -1.98. The van der Waals surface area contributed by atoms with E-state index in [4.69, 9.17) is 23.2 Å². The predicted molar refractivity (Wildman–Crippen MR) is 117 cm³/mol. The van der Waals surface area contributed by atoms with Gasteiger partial charge in [-0.2, -0.15) is 5.26 Å². The Balaban J connectivity index is 1.84. The summed E-state index contributed by atoms with van der Waals surface area (Å²) in [7, 11) is 0. The summed E-state index contributed by atoms with van der Waals surface area (Å²) in [6.45, 7) is 0.655. The SMILES string of the molecule is N#CC(=Cc1cn(Cc2ccccc2Cl)c2ccccc12)c1ccccc1Cl. The van der Waals surface area contributed by atoms with E-state index in [1.807, 2.05) is 60.7 Å². The van der Waals surface area contributed by atoms with Gasteiger partial charge < -0.3 is 4.57 Å². The molecule has 136 valence electrons. The van der Waals surface area contributed by atoms with Crippen LogP contribution in [-0.4, -0.2) is 4.57 Å². The minimum Gasteiger partial charge on any atom is -0.342 e. The molecule has 3 aromatic carbocycles. The van der Waals surface area contributed by atoms with Crippen LogP contribution < -0.4 is 0 Å². The number of nitrogens with zero attached hydrogens (tertiary/aromatic N) is 2. The maximum absolute atomic E-state index is 9.71. The van der Waals surface area contributed by atoms with Gasteiger partial charge in [-0.1, -0.05) is 77.8 Å². The van der Waals surface area contributed by atoms with E-state index < -0.39 is 0 Å². The lowest BCUT2D eigenvalue weighted by atomic mass is 10.0. The lowest BCUT2D eigenvalue weighted by molar-refractivity contribution is 0.836. The molecule has 0 aliphatic heterocycles. The summed E-state index contributed by atoms with van der Waals surface area (Å²) in [6.07, 6.45) is 3.95. The first-order valence-corrected chi connectivity index (χ1v) is 9.61. The van der Waals surface area contributed by atoms with Crippen LogP contribution in [0.1, 0.15) is 16.7 Å². The molecule has 0 N–H and O–H groups in total. The van der Waals surface area contributed by atoms with Gasteiger partial charge in [0.2, 0.25) is 0 Å². The highest BCUT2D eigenvalue weighted by Crippen LogP contribution is 2.30. The van der Waals surface area contributed by atoms with Gasteiger partial charge >= 0.3 is 0 Å². The molecule has 2 nitrogen and oxygen atoms in total. The van der Waals surface area contributed by atoms with Crippen LogP contribution in [0.2, 0.25) is 10.0 Å². The fourth-order valence-electron chi connectivity index (χ4n) is 3.34. The Kier molecular flexibility index (Phi) is 5.21. The van der Waals surface area contributed by atoms with Crippen molar-refractivity contribution < 1.29 is 0 Å². The summed E-state index contributed by atoms with van der Waals surface area (Å²) in [6, 6.07) is 25.7. The van der Waals surface area contributed by atoms with Crippen molar-refractivity contribution in [3.63, 3.8) is 0 Å². The number of fused-ring (bicyclic) bond motifs is 1. The summed E-state index contributed by atoms with van der Waals surface area (Å²) in [4.78, 5) is 0. The summed E-state index contributed by atoms with van der Waals surface area (Å²) in [5.74, 6) is 0. The molecular formula is C24H16Cl2N2. The fraction of sp³-hybridized carbons (Fsp3) is 0.0417. The zero-order chi connectivity index (χ0) is 19.5. The van der Waals surface area contributed by atoms with Crippen LogP contribution in [0.3, 0.4) is 0 Å². The first-order chi connectivity index (χ1) is 13.7. The molecule has 0 fully saturated rings. The van der Waals surface area contributed by atoms with Crippen LogP contribution in [0, 0.1) is 11.3 Å². The molecule has 4 rings (SSSR count). The van der Waals surface area contributed by atoms with Crippen molar-refractivity contribution in [2.24, 2.45) is 0 Å². The molecule has 1 aromatic heterocycles. The molecular weight excluding hydrogens is 387 g/mol. The smallest absolute Gasteiger partial charge is 0.0998 e. The monoisotopic (exact) mass is 402 g/mol. The molecule has 0 saturated heterocycles. The van der Waals surface area contributed by atoms with E-state index in [1.165, 1.54) is 0 Å². The van der Waals surface area contributed by atoms with Crippen molar-refractivity contribution in [3.05, 3.63) is 106 Å². The maximum Gasteiger partial charge on any atom is 0.0998 e.